The van der Waals surface area contributed by atoms with Crippen LogP contribution >= 0.6 is 11.3 Å². The van der Waals surface area contributed by atoms with Gasteiger partial charge in [0.25, 0.3) is 0 Å². The molecule has 0 radical (unpaired) electrons. The lowest BCUT2D eigenvalue weighted by Gasteiger charge is -2.20. The van der Waals surface area contributed by atoms with Crippen molar-refractivity contribution in [1.29, 1.82) is 0 Å². The van der Waals surface area contributed by atoms with Gasteiger partial charge in [0.2, 0.25) is 17.7 Å². The molecular weight excluding hydrogens is 328 g/mol. The Morgan fingerprint density at radius 2 is 2.21 bits per heavy atom. The Balaban J connectivity index is 1.94. The van der Waals surface area contributed by atoms with Crippen molar-refractivity contribution in [3.63, 3.8) is 0 Å². The van der Waals surface area contributed by atoms with Crippen LogP contribution in [-0.2, 0) is 20.8 Å². The maximum Gasteiger partial charge on any atom is 0.239 e. The summed E-state index contributed by atoms with van der Waals surface area (Å²) < 4.78 is 0. The number of carbonyl (C=O) groups is 3. The van der Waals surface area contributed by atoms with Crippen molar-refractivity contribution in [2.45, 2.75) is 46.1 Å². The van der Waals surface area contributed by atoms with Gasteiger partial charge >= 0.3 is 0 Å². The first-order valence-electron chi connectivity index (χ1n) is 8.22. The molecule has 0 atom stereocenters. The topological polar surface area (TPSA) is 82.6 Å². The summed E-state index contributed by atoms with van der Waals surface area (Å²) in [5.74, 6) is -0.217. The summed E-state index contributed by atoms with van der Waals surface area (Å²) in [6.07, 6.45) is 1.55. The maximum atomic E-state index is 12.4. The summed E-state index contributed by atoms with van der Waals surface area (Å²) >= 11 is 1.38. The first-order valence-corrected chi connectivity index (χ1v) is 9.10. The summed E-state index contributed by atoms with van der Waals surface area (Å²) in [6.45, 7) is 6.81. The zero-order chi connectivity index (χ0) is 17.7. The molecular formula is C16H24N4O3S. The zero-order valence-electron chi connectivity index (χ0n) is 14.4. The molecule has 0 unspecified atom stereocenters. The van der Waals surface area contributed by atoms with E-state index >= 15 is 0 Å². The third-order valence-corrected chi connectivity index (χ3v) is 4.61. The van der Waals surface area contributed by atoms with Gasteiger partial charge in [-0.15, -0.1) is 11.3 Å². The molecule has 0 aromatic carbocycles. The van der Waals surface area contributed by atoms with Crippen LogP contribution in [-0.4, -0.2) is 53.3 Å². The van der Waals surface area contributed by atoms with E-state index in [4.69, 9.17) is 0 Å². The first kappa shape index (κ1) is 18.4. The summed E-state index contributed by atoms with van der Waals surface area (Å²) in [7, 11) is 0. The Morgan fingerprint density at radius 1 is 1.46 bits per heavy atom. The van der Waals surface area contributed by atoms with Gasteiger partial charge < -0.3 is 10.2 Å². The van der Waals surface area contributed by atoms with Crippen LogP contribution in [0.4, 0.5) is 5.13 Å². The molecule has 1 aliphatic rings. The van der Waals surface area contributed by atoms with Crippen molar-refractivity contribution >= 4 is 34.2 Å². The minimum absolute atomic E-state index is 0.0467. The fourth-order valence-electron chi connectivity index (χ4n) is 2.54. The molecule has 1 N–H and O–H groups in total. The number of likely N-dealkylation sites (N-methyl/N-ethyl adjacent to an activating group) is 1. The van der Waals surface area contributed by atoms with E-state index < -0.39 is 0 Å². The van der Waals surface area contributed by atoms with E-state index in [1.54, 1.807) is 10.3 Å². The molecule has 0 saturated carbocycles. The molecule has 2 heterocycles. The molecule has 7 nitrogen and oxygen atoms in total. The second-order valence-electron chi connectivity index (χ2n) is 6.08. The largest absolute Gasteiger partial charge is 0.352 e. The molecule has 1 aromatic heterocycles. The van der Waals surface area contributed by atoms with Crippen molar-refractivity contribution in [3.8, 4) is 0 Å². The van der Waals surface area contributed by atoms with Gasteiger partial charge in [0, 0.05) is 30.9 Å². The maximum absolute atomic E-state index is 12.4. The average molecular weight is 352 g/mol. The minimum atomic E-state index is -0.165. The van der Waals surface area contributed by atoms with Crippen LogP contribution < -0.4 is 10.2 Å². The molecule has 132 valence electrons. The third kappa shape index (κ3) is 4.77. The van der Waals surface area contributed by atoms with Gasteiger partial charge in [0.15, 0.2) is 5.13 Å². The monoisotopic (exact) mass is 352 g/mol. The molecule has 0 spiro atoms. The number of nitrogens with zero attached hydrogens (tertiary/aromatic N) is 3. The summed E-state index contributed by atoms with van der Waals surface area (Å²) in [4.78, 5) is 43.6. The van der Waals surface area contributed by atoms with Crippen molar-refractivity contribution in [3.05, 3.63) is 11.1 Å². The van der Waals surface area contributed by atoms with Crippen LogP contribution in [0.1, 0.15) is 39.3 Å². The highest BCUT2D eigenvalue weighted by Gasteiger charge is 2.25. The molecule has 1 aliphatic heterocycles. The van der Waals surface area contributed by atoms with Crippen molar-refractivity contribution in [2.75, 3.05) is 24.5 Å². The van der Waals surface area contributed by atoms with Crippen LogP contribution in [0.25, 0.3) is 0 Å². The molecule has 1 fully saturated rings. The fourth-order valence-corrected chi connectivity index (χ4v) is 3.40. The highest BCUT2D eigenvalue weighted by molar-refractivity contribution is 7.14. The van der Waals surface area contributed by atoms with Gasteiger partial charge in [-0.2, -0.15) is 0 Å². The van der Waals surface area contributed by atoms with Gasteiger partial charge in [0.05, 0.1) is 18.7 Å². The molecule has 0 bridgehead atoms. The van der Waals surface area contributed by atoms with Gasteiger partial charge in [-0.05, 0) is 27.2 Å². The highest BCUT2D eigenvalue weighted by Crippen LogP contribution is 2.25. The SMILES string of the molecule is CCN(CC(=O)NC(C)C)C(=O)Cc1csc(N2CCCC2=O)n1. The van der Waals surface area contributed by atoms with Gasteiger partial charge in [-0.1, -0.05) is 0 Å². The van der Waals surface area contributed by atoms with Crippen LogP contribution in [0.2, 0.25) is 0 Å². The predicted octanol–water partition coefficient (Wildman–Crippen LogP) is 1.19. The average Bonchev–Trinajstić information content (AvgIpc) is 3.12. The summed E-state index contributed by atoms with van der Waals surface area (Å²) in [5, 5.41) is 5.24. The summed E-state index contributed by atoms with van der Waals surface area (Å²) in [5.41, 5.74) is 0.641. The van der Waals surface area contributed by atoms with E-state index in [1.165, 1.54) is 16.2 Å². The second-order valence-corrected chi connectivity index (χ2v) is 6.91. The second kappa shape index (κ2) is 8.23. The Kier molecular flexibility index (Phi) is 6.30. The standard InChI is InChI=1S/C16H24N4O3S/c1-4-19(9-13(21)17-11(2)3)15(23)8-12-10-24-16(18-12)20-7-5-6-14(20)22/h10-11H,4-9H2,1-3H3,(H,17,21). The van der Waals surface area contributed by atoms with Crippen LogP contribution in [0.15, 0.2) is 5.38 Å². The van der Waals surface area contributed by atoms with E-state index in [0.29, 0.717) is 30.3 Å². The smallest absolute Gasteiger partial charge is 0.239 e. The van der Waals surface area contributed by atoms with E-state index in [1.807, 2.05) is 20.8 Å². The van der Waals surface area contributed by atoms with Crippen molar-refractivity contribution in [1.82, 2.24) is 15.2 Å². The number of rotatable bonds is 7. The molecule has 8 heteroatoms. The van der Waals surface area contributed by atoms with Gasteiger partial charge in [-0.25, -0.2) is 4.98 Å². The zero-order valence-corrected chi connectivity index (χ0v) is 15.2. The van der Waals surface area contributed by atoms with Gasteiger partial charge in [-0.3, -0.25) is 19.3 Å². The number of hydrogen-bond donors (Lipinski definition) is 1. The summed E-state index contributed by atoms with van der Waals surface area (Å²) in [6, 6.07) is 0.0467. The Labute approximate surface area is 146 Å². The van der Waals surface area contributed by atoms with E-state index in [9.17, 15) is 14.4 Å². The highest BCUT2D eigenvalue weighted by atomic mass is 32.1. The molecule has 0 aliphatic carbocycles. The predicted molar refractivity (Wildman–Crippen MR) is 92.9 cm³/mol. The quantitative estimate of drug-likeness (QED) is 0.799. The molecule has 1 aromatic rings. The first-order chi connectivity index (χ1) is 11.4. The molecule has 24 heavy (non-hydrogen) atoms. The number of aromatic nitrogens is 1. The van der Waals surface area contributed by atoms with E-state index in [2.05, 4.69) is 10.3 Å². The number of carbonyl (C=O) groups excluding carboxylic acids is 3. The lowest BCUT2D eigenvalue weighted by Crippen LogP contribution is -2.43. The van der Waals surface area contributed by atoms with Crippen LogP contribution in [0.3, 0.4) is 0 Å². The number of anilines is 1. The molecule has 1 saturated heterocycles. The fraction of sp³-hybridized carbons (Fsp3) is 0.625. The number of hydrogen-bond acceptors (Lipinski definition) is 5. The van der Waals surface area contributed by atoms with Crippen molar-refractivity contribution < 1.29 is 14.4 Å². The Morgan fingerprint density at radius 3 is 2.79 bits per heavy atom. The van der Waals surface area contributed by atoms with Crippen molar-refractivity contribution in [2.24, 2.45) is 0 Å². The Hall–Kier alpha value is -1.96. The third-order valence-electron chi connectivity index (χ3n) is 3.69. The van der Waals surface area contributed by atoms with E-state index in [-0.39, 0.29) is 36.7 Å². The lowest BCUT2D eigenvalue weighted by atomic mass is 10.3. The molecule has 3 amide bonds. The lowest BCUT2D eigenvalue weighted by molar-refractivity contribution is -0.135. The van der Waals surface area contributed by atoms with Gasteiger partial charge in [0.1, 0.15) is 0 Å². The molecule has 2 rings (SSSR count). The van der Waals surface area contributed by atoms with Crippen LogP contribution in [0.5, 0.6) is 0 Å². The number of thiazole rings is 1. The normalized spacial score (nSPS) is 14.3. The van der Waals surface area contributed by atoms with Crippen LogP contribution in [0, 0.1) is 0 Å². The Bertz CT molecular complexity index is 614. The minimum Gasteiger partial charge on any atom is -0.352 e. The van der Waals surface area contributed by atoms with E-state index in [0.717, 1.165) is 6.42 Å². The number of nitrogens with one attached hydrogen (secondary N) is 1. The number of amides is 3.